The van der Waals surface area contributed by atoms with Crippen LogP contribution < -0.4 is 0 Å². The maximum atomic E-state index is 14.0. The lowest BCUT2D eigenvalue weighted by atomic mass is 10.1. The van der Waals surface area contributed by atoms with Crippen molar-refractivity contribution in [2.45, 2.75) is 49.2 Å². The Morgan fingerprint density at radius 3 is 2.44 bits per heavy atom. The van der Waals surface area contributed by atoms with Crippen LogP contribution in [0.2, 0.25) is 0 Å². The van der Waals surface area contributed by atoms with Crippen LogP contribution >= 0.6 is 35.3 Å². The van der Waals surface area contributed by atoms with E-state index in [-0.39, 0.29) is 4.47 Å². The summed E-state index contributed by atoms with van der Waals surface area (Å²) in [7, 11) is -5.63. The van der Waals surface area contributed by atoms with Gasteiger partial charge >= 0.3 is 13.3 Å². The summed E-state index contributed by atoms with van der Waals surface area (Å²) in [6, 6.07) is 12.0. The Hall–Kier alpha value is -1.58. The van der Waals surface area contributed by atoms with Crippen LogP contribution in [-0.4, -0.2) is 25.0 Å². The fraction of sp³-hybridized carbons (Fsp3) is 0.333. The Labute approximate surface area is 197 Å². The van der Waals surface area contributed by atoms with Crippen molar-refractivity contribution in [3.8, 4) is 11.4 Å². The number of alkyl halides is 2. The summed E-state index contributed by atoms with van der Waals surface area (Å²) in [5.41, 5.74) is -2.13. The second kappa shape index (κ2) is 10.6. The van der Waals surface area contributed by atoms with Gasteiger partial charge in [-0.15, -0.1) is 5.10 Å². The molecule has 6 nitrogen and oxygen atoms in total. The van der Waals surface area contributed by atoms with Gasteiger partial charge in [0, 0.05) is 21.4 Å². The molecule has 0 fully saturated rings. The zero-order chi connectivity index (χ0) is 23.4. The zero-order valence-corrected chi connectivity index (χ0v) is 20.6. The summed E-state index contributed by atoms with van der Waals surface area (Å²) in [6.45, 7) is 2.18. The molecule has 32 heavy (non-hydrogen) atoms. The van der Waals surface area contributed by atoms with Gasteiger partial charge in [-0.05, 0) is 30.0 Å². The van der Waals surface area contributed by atoms with Crippen LogP contribution in [-0.2, 0) is 22.4 Å². The van der Waals surface area contributed by atoms with Gasteiger partial charge in [-0.2, -0.15) is 8.78 Å². The van der Waals surface area contributed by atoms with Gasteiger partial charge in [-0.1, -0.05) is 83.9 Å². The van der Waals surface area contributed by atoms with Crippen LogP contribution in [0.4, 0.5) is 8.78 Å². The number of hydrogen-bond donors (Lipinski definition) is 3. The van der Waals surface area contributed by atoms with Gasteiger partial charge in [-0.25, -0.2) is 4.98 Å². The minimum atomic E-state index is -5.63. The Morgan fingerprint density at radius 1 is 1.12 bits per heavy atom. The van der Waals surface area contributed by atoms with E-state index in [1.165, 1.54) is 48.7 Å². The number of nitrogens with zero attached hydrogens (tertiary/aromatic N) is 2. The molecule has 0 radical (unpaired) electrons. The molecular weight excluding hydrogens is 523 g/mol. The molecule has 3 aromatic rings. The van der Waals surface area contributed by atoms with Crippen molar-refractivity contribution in [1.29, 1.82) is 0 Å². The first-order valence-corrected chi connectivity index (χ1v) is 13.4. The highest BCUT2D eigenvalue weighted by Crippen LogP contribution is 2.60. The average molecular weight is 546 g/mol. The standard InChI is InChI=1S/C21H23BrF2N3O3PS/c1-2-3-4-5-14-6-9-16(10-7-14)19-25-20(27-26-19)32-13-15-8-11-17(18(22)12-15)21(23,24)31(28,29)30/h6-12H,2-5,13H2,1H3,(H,25,26,27)(H2,28,29,30). The number of hydrogen-bond acceptors (Lipinski definition) is 4. The smallest absolute Gasteiger partial charge is 0.320 e. The monoisotopic (exact) mass is 545 g/mol. The normalized spacial score (nSPS) is 12.3. The molecule has 0 spiro atoms. The fourth-order valence-electron chi connectivity index (χ4n) is 3.05. The van der Waals surface area contributed by atoms with Crippen LogP contribution in [0.1, 0.15) is 42.9 Å². The highest BCUT2D eigenvalue weighted by molar-refractivity contribution is 9.10. The molecule has 0 aliphatic carbocycles. The molecule has 0 amide bonds. The third-order valence-corrected chi connectivity index (χ3v) is 7.40. The van der Waals surface area contributed by atoms with Crippen molar-refractivity contribution in [3.05, 3.63) is 63.6 Å². The highest BCUT2D eigenvalue weighted by Gasteiger charge is 2.51. The summed E-state index contributed by atoms with van der Waals surface area (Å²) in [5.74, 6) is 1.04. The van der Waals surface area contributed by atoms with Gasteiger partial charge in [0.25, 0.3) is 0 Å². The van der Waals surface area contributed by atoms with Gasteiger partial charge in [0.1, 0.15) is 0 Å². The highest BCUT2D eigenvalue weighted by atomic mass is 79.9. The lowest BCUT2D eigenvalue weighted by Gasteiger charge is -2.19. The second-order valence-electron chi connectivity index (χ2n) is 7.31. The minimum Gasteiger partial charge on any atom is -0.320 e. The zero-order valence-electron chi connectivity index (χ0n) is 17.3. The van der Waals surface area contributed by atoms with Crippen molar-refractivity contribution in [2.75, 3.05) is 0 Å². The summed E-state index contributed by atoms with van der Waals surface area (Å²) in [6.07, 6.45) is 4.64. The number of aryl methyl sites for hydroxylation is 1. The number of aromatic nitrogens is 3. The van der Waals surface area contributed by atoms with Crippen molar-refractivity contribution in [3.63, 3.8) is 0 Å². The molecule has 3 N–H and O–H groups in total. The molecule has 172 valence electrons. The van der Waals surface area contributed by atoms with Crippen molar-refractivity contribution in [2.24, 2.45) is 0 Å². The minimum absolute atomic E-state index is 0.0707. The van der Waals surface area contributed by atoms with Gasteiger partial charge in [0.2, 0.25) is 5.16 Å². The van der Waals surface area contributed by atoms with Gasteiger partial charge in [0.05, 0.1) is 0 Å². The maximum Gasteiger partial charge on any atom is 0.399 e. The van der Waals surface area contributed by atoms with E-state index >= 15 is 0 Å². The summed E-state index contributed by atoms with van der Waals surface area (Å²) in [4.78, 5) is 22.3. The predicted octanol–water partition coefficient (Wildman–Crippen LogP) is 6.49. The first kappa shape index (κ1) is 25.1. The van der Waals surface area contributed by atoms with E-state index < -0.39 is 18.8 Å². The lowest BCUT2D eigenvalue weighted by molar-refractivity contribution is 0.0557. The lowest BCUT2D eigenvalue weighted by Crippen LogP contribution is -2.14. The molecular formula is C21H23BrF2N3O3PS. The molecule has 0 unspecified atom stereocenters. The summed E-state index contributed by atoms with van der Waals surface area (Å²) in [5, 5.41) is 7.61. The van der Waals surface area contributed by atoms with Gasteiger partial charge < -0.3 is 9.79 Å². The average Bonchev–Trinajstić information content (AvgIpc) is 3.21. The third kappa shape index (κ3) is 6.05. The van der Waals surface area contributed by atoms with E-state index in [1.807, 2.05) is 12.1 Å². The van der Waals surface area contributed by atoms with Crippen molar-refractivity contribution >= 4 is 35.3 Å². The van der Waals surface area contributed by atoms with E-state index in [4.69, 9.17) is 9.79 Å². The first-order chi connectivity index (χ1) is 15.1. The predicted molar refractivity (Wildman–Crippen MR) is 125 cm³/mol. The van der Waals surface area contributed by atoms with Crippen LogP contribution in [0.3, 0.4) is 0 Å². The Balaban J connectivity index is 1.63. The van der Waals surface area contributed by atoms with Crippen LogP contribution in [0.25, 0.3) is 11.4 Å². The Morgan fingerprint density at radius 2 is 1.81 bits per heavy atom. The molecule has 1 aromatic heterocycles. The summed E-state index contributed by atoms with van der Waals surface area (Å²) >= 11 is 4.31. The second-order valence-corrected chi connectivity index (χ2v) is 10.8. The molecule has 11 heteroatoms. The van der Waals surface area contributed by atoms with Gasteiger partial charge in [0.15, 0.2) is 5.82 Å². The molecule has 0 aliphatic rings. The number of halogens is 3. The number of benzene rings is 2. The van der Waals surface area contributed by atoms with Crippen LogP contribution in [0.5, 0.6) is 0 Å². The van der Waals surface area contributed by atoms with E-state index in [9.17, 15) is 13.3 Å². The molecule has 0 aliphatic heterocycles. The topological polar surface area (TPSA) is 99.1 Å². The Bertz CT molecular complexity index is 1110. The molecule has 0 atom stereocenters. The largest absolute Gasteiger partial charge is 0.399 e. The maximum absolute atomic E-state index is 14.0. The molecule has 1 heterocycles. The van der Waals surface area contributed by atoms with Crippen LogP contribution in [0.15, 0.2) is 52.1 Å². The Kier molecular flexibility index (Phi) is 8.27. The van der Waals surface area contributed by atoms with Crippen molar-refractivity contribution in [1.82, 2.24) is 15.2 Å². The molecule has 3 rings (SSSR count). The van der Waals surface area contributed by atoms with Gasteiger partial charge in [-0.3, -0.25) is 9.66 Å². The molecule has 0 saturated carbocycles. The molecule has 0 bridgehead atoms. The number of rotatable bonds is 10. The SMILES string of the molecule is CCCCCc1ccc(-c2nc(SCc3ccc(C(F)(F)P(=O)(O)O)c(Br)c3)n[nH]2)cc1. The van der Waals surface area contributed by atoms with E-state index in [0.717, 1.165) is 18.1 Å². The van der Waals surface area contributed by atoms with Crippen LogP contribution in [0, 0.1) is 0 Å². The fourth-order valence-corrected chi connectivity index (χ4v) is 5.12. The third-order valence-electron chi connectivity index (χ3n) is 4.85. The number of nitrogens with one attached hydrogen (secondary N) is 1. The number of thioether (sulfide) groups is 1. The summed E-state index contributed by atoms with van der Waals surface area (Å²) < 4.78 is 38.9. The number of unbranched alkanes of at least 4 members (excludes halogenated alkanes) is 2. The van der Waals surface area contributed by atoms with E-state index in [1.54, 1.807) is 0 Å². The number of H-pyrrole nitrogens is 1. The van der Waals surface area contributed by atoms with E-state index in [0.29, 0.717) is 22.3 Å². The quantitative estimate of drug-likeness (QED) is 0.153. The van der Waals surface area contributed by atoms with E-state index in [2.05, 4.69) is 50.2 Å². The first-order valence-electron chi connectivity index (χ1n) is 9.98. The molecule has 0 saturated heterocycles. The van der Waals surface area contributed by atoms with Crippen molar-refractivity contribution < 1.29 is 23.1 Å². The molecule has 2 aromatic carbocycles. The number of aromatic amines is 1.